The molecule has 2 atom stereocenters. The maximum atomic E-state index is 11.9. The highest BCUT2D eigenvalue weighted by molar-refractivity contribution is 7.91. The summed E-state index contributed by atoms with van der Waals surface area (Å²) in [5.74, 6) is 2.10. The van der Waals surface area contributed by atoms with Crippen molar-refractivity contribution in [3.8, 4) is 0 Å². The first-order valence-electron chi connectivity index (χ1n) is 7.68. The molecular weight excluding hydrogens is 332 g/mol. The Balaban J connectivity index is 1.68. The highest BCUT2D eigenvalue weighted by Crippen LogP contribution is 2.38. The molecule has 122 valence electrons. The summed E-state index contributed by atoms with van der Waals surface area (Å²) in [5.41, 5.74) is 0.904. The molecule has 7 heteroatoms. The van der Waals surface area contributed by atoms with Crippen LogP contribution in [0.15, 0.2) is 39.2 Å². The molecule has 1 fully saturated rings. The third-order valence-electron chi connectivity index (χ3n) is 4.42. The van der Waals surface area contributed by atoms with Crippen LogP contribution in [0.3, 0.4) is 0 Å². The van der Waals surface area contributed by atoms with Gasteiger partial charge in [0.15, 0.2) is 9.84 Å². The summed E-state index contributed by atoms with van der Waals surface area (Å²) >= 11 is 1.69. The zero-order valence-corrected chi connectivity index (χ0v) is 14.4. The summed E-state index contributed by atoms with van der Waals surface area (Å²) in [7, 11) is -2.93. The van der Waals surface area contributed by atoms with Crippen LogP contribution < -0.4 is 0 Å². The number of aryl methyl sites for hydroxylation is 1. The first kappa shape index (κ1) is 15.0. The number of sulfone groups is 1. The number of hydrogen-bond acceptors (Lipinski definition) is 6. The van der Waals surface area contributed by atoms with E-state index in [9.17, 15) is 8.42 Å². The van der Waals surface area contributed by atoms with Gasteiger partial charge in [-0.2, -0.15) is 5.10 Å². The predicted octanol–water partition coefficient (Wildman–Crippen LogP) is 2.99. The molecule has 1 saturated heterocycles. The van der Waals surface area contributed by atoms with E-state index in [4.69, 9.17) is 9.52 Å². The fourth-order valence-electron chi connectivity index (χ4n) is 3.30. The molecule has 0 bridgehead atoms. The first-order valence-corrected chi connectivity index (χ1v) is 10.4. The number of furan rings is 1. The molecule has 0 aliphatic carbocycles. The molecule has 4 heterocycles. The van der Waals surface area contributed by atoms with Gasteiger partial charge in [-0.15, -0.1) is 11.3 Å². The molecule has 2 aromatic rings. The normalized spacial score (nSPS) is 26.7. The molecule has 0 N–H and O–H groups in total. The van der Waals surface area contributed by atoms with Crippen LogP contribution in [0.2, 0.25) is 0 Å². The Labute approximate surface area is 139 Å². The molecule has 2 aromatic heterocycles. The van der Waals surface area contributed by atoms with E-state index in [0.29, 0.717) is 6.42 Å². The molecule has 5 nitrogen and oxygen atoms in total. The maximum absolute atomic E-state index is 11.9. The second-order valence-corrected chi connectivity index (χ2v) is 9.34. The van der Waals surface area contributed by atoms with Crippen LogP contribution in [0.5, 0.6) is 0 Å². The summed E-state index contributed by atoms with van der Waals surface area (Å²) in [6.45, 7) is 1.91. The molecule has 23 heavy (non-hydrogen) atoms. The lowest BCUT2D eigenvalue weighted by Gasteiger charge is -2.27. The lowest BCUT2D eigenvalue weighted by atomic mass is 10.1. The zero-order chi connectivity index (χ0) is 16.0. The smallest absolute Gasteiger partial charge is 0.152 e. The lowest BCUT2D eigenvalue weighted by Crippen LogP contribution is -2.32. The SMILES string of the molecule is Cc1ccc(C2=NN([C@H]3CCS(=O)(=O)C3)[C@@H](c3cccs3)C2)o1. The Kier molecular flexibility index (Phi) is 3.57. The molecule has 0 unspecified atom stereocenters. The van der Waals surface area contributed by atoms with Crippen LogP contribution in [-0.2, 0) is 9.84 Å². The molecule has 0 amide bonds. The van der Waals surface area contributed by atoms with Gasteiger partial charge in [-0.25, -0.2) is 8.42 Å². The fourth-order valence-corrected chi connectivity index (χ4v) is 5.82. The van der Waals surface area contributed by atoms with Crippen molar-refractivity contribution in [2.24, 2.45) is 5.10 Å². The molecular formula is C16H18N2O3S2. The minimum atomic E-state index is -2.93. The molecule has 0 radical (unpaired) electrons. The van der Waals surface area contributed by atoms with Crippen LogP contribution in [0, 0.1) is 6.92 Å². The third-order valence-corrected chi connectivity index (χ3v) is 7.15. The molecule has 0 aromatic carbocycles. The second-order valence-electron chi connectivity index (χ2n) is 6.13. The first-order chi connectivity index (χ1) is 11.0. The van der Waals surface area contributed by atoms with Gasteiger partial charge in [0, 0.05) is 11.3 Å². The van der Waals surface area contributed by atoms with Crippen molar-refractivity contribution in [2.75, 3.05) is 11.5 Å². The average Bonchev–Trinajstić information content (AvgIpc) is 3.22. The average molecular weight is 350 g/mol. The van der Waals surface area contributed by atoms with E-state index >= 15 is 0 Å². The van der Waals surface area contributed by atoms with E-state index in [1.165, 1.54) is 4.88 Å². The van der Waals surface area contributed by atoms with Gasteiger partial charge in [0.1, 0.15) is 17.2 Å². The minimum Gasteiger partial charge on any atom is -0.460 e. The maximum Gasteiger partial charge on any atom is 0.152 e. The van der Waals surface area contributed by atoms with Crippen molar-refractivity contribution in [2.45, 2.75) is 31.8 Å². The quantitative estimate of drug-likeness (QED) is 0.854. The van der Waals surface area contributed by atoms with E-state index in [1.54, 1.807) is 11.3 Å². The van der Waals surface area contributed by atoms with Gasteiger partial charge >= 0.3 is 0 Å². The fraction of sp³-hybridized carbons (Fsp3) is 0.438. The van der Waals surface area contributed by atoms with E-state index in [2.05, 4.69) is 6.07 Å². The van der Waals surface area contributed by atoms with Crippen LogP contribution in [-0.4, -0.2) is 36.7 Å². The largest absolute Gasteiger partial charge is 0.460 e. The Bertz CT molecular complexity index is 837. The predicted molar refractivity (Wildman–Crippen MR) is 90.6 cm³/mol. The summed E-state index contributed by atoms with van der Waals surface area (Å²) in [4.78, 5) is 1.22. The van der Waals surface area contributed by atoms with Gasteiger partial charge in [0.05, 0.1) is 23.6 Å². The number of thiophene rings is 1. The molecule has 2 aliphatic heterocycles. The molecule has 2 aliphatic rings. The van der Waals surface area contributed by atoms with Gasteiger partial charge in [-0.3, -0.25) is 5.01 Å². The van der Waals surface area contributed by atoms with Crippen molar-refractivity contribution in [1.29, 1.82) is 0 Å². The Hall–Kier alpha value is -1.60. The van der Waals surface area contributed by atoms with Crippen molar-refractivity contribution in [3.05, 3.63) is 46.0 Å². The summed E-state index contributed by atoms with van der Waals surface area (Å²) in [5, 5.41) is 8.81. The zero-order valence-electron chi connectivity index (χ0n) is 12.8. The number of nitrogens with zero attached hydrogens (tertiary/aromatic N) is 2. The minimum absolute atomic E-state index is 0.0411. The van der Waals surface area contributed by atoms with Crippen molar-refractivity contribution in [1.82, 2.24) is 5.01 Å². The van der Waals surface area contributed by atoms with Gasteiger partial charge < -0.3 is 4.42 Å². The molecule has 0 spiro atoms. The lowest BCUT2D eigenvalue weighted by molar-refractivity contribution is 0.178. The van der Waals surface area contributed by atoms with Crippen LogP contribution in [0.1, 0.15) is 35.3 Å². The Morgan fingerprint density at radius 2 is 2.22 bits per heavy atom. The highest BCUT2D eigenvalue weighted by Gasteiger charge is 2.40. The van der Waals surface area contributed by atoms with Gasteiger partial charge in [0.2, 0.25) is 0 Å². The molecule has 4 rings (SSSR count). The van der Waals surface area contributed by atoms with E-state index in [-0.39, 0.29) is 23.6 Å². The third kappa shape index (κ3) is 2.83. The number of rotatable bonds is 3. The van der Waals surface area contributed by atoms with E-state index < -0.39 is 9.84 Å². The second kappa shape index (κ2) is 5.49. The van der Waals surface area contributed by atoms with E-state index in [0.717, 1.165) is 23.7 Å². The number of hydrazone groups is 1. The summed E-state index contributed by atoms with van der Waals surface area (Å²) < 4.78 is 29.4. The Morgan fingerprint density at radius 3 is 2.83 bits per heavy atom. The van der Waals surface area contributed by atoms with Crippen LogP contribution in [0.25, 0.3) is 0 Å². The van der Waals surface area contributed by atoms with Crippen LogP contribution >= 0.6 is 11.3 Å². The molecule has 0 saturated carbocycles. The standard InChI is InChI=1S/C16H18N2O3S2/c1-11-4-5-15(21-11)13-9-14(16-3-2-7-22-16)18(17-13)12-6-8-23(19,20)10-12/h2-5,7,12,14H,6,8-10H2,1H3/t12-,14+/m0/s1. The van der Waals surface area contributed by atoms with E-state index in [1.807, 2.05) is 35.5 Å². The monoisotopic (exact) mass is 350 g/mol. The highest BCUT2D eigenvalue weighted by atomic mass is 32.2. The van der Waals surface area contributed by atoms with Crippen LogP contribution in [0.4, 0.5) is 0 Å². The Morgan fingerprint density at radius 1 is 1.35 bits per heavy atom. The van der Waals surface area contributed by atoms with Crippen molar-refractivity contribution in [3.63, 3.8) is 0 Å². The van der Waals surface area contributed by atoms with Crippen molar-refractivity contribution >= 4 is 26.9 Å². The van der Waals surface area contributed by atoms with Crippen molar-refractivity contribution < 1.29 is 12.8 Å². The topological polar surface area (TPSA) is 62.9 Å². The summed E-state index contributed by atoms with van der Waals surface area (Å²) in [6.07, 6.45) is 1.40. The van der Waals surface area contributed by atoms with Gasteiger partial charge in [-0.05, 0) is 36.9 Å². The summed E-state index contributed by atoms with van der Waals surface area (Å²) in [6, 6.07) is 8.06. The number of hydrogen-bond donors (Lipinski definition) is 0. The van der Waals surface area contributed by atoms with Gasteiger partial charge in [0.25, 0.3) is 0 Å². The van der Waals surface area contributed by atoms with Gasteiger partial charge in [-0.1, -0.05) is 6.07 Å².